The van der Waals surface area contributed by atoms with Gasteiger partial charge in [0.05, 0.1) is 0 Å². The predicted molar refractivity (Wildman–Crippen MR) is 61.7 cm³/mol. The molecule has 0 aliphatic rings. The molecule has 0 saturated heterocycles. The van der Waals surface area contributed by atoms with Gasteiger partial charge < -0.3 is 0 Å². The lowest BCUT2D eigenvalue weighted by atomic mass is 9.95. The summed E-state index contributed by atoms with van der Waals surface area (Å²) in [6.45, 7) is 14.0. The van der Waals surface area contributed by atoms with E-state index in [4.69, 9.17) is 0 Å². The zero-order chi connectivity index (χ0) is 10.3. The molecule has 0 aliphatic carbocycles. The topological polar surface area (TPSA) is 0 Å². The molecule has 0 amide bonds. The van der Waals surface area contributed by atoms with Gasteiger partial charge in [0.1, 0.15) is 0 Å². The lowest BCUT2D eigenvalue weighted by Crippen LogP contribution is -1.96. The molecule has 0 N–H and O–H groups in total. The molecular formula is C13H20. The van der Waals surface area contributed by atoms with Gasteiger partial charge in [0.25, 0.3) is 0 Å². The van der Waals surface area contributed by atoms with E-state index in [0.717, 1.165) is 6.42 Å². The SMILES string of the molecule is C=C/C(=C\C=C/C)CC(C)C(=C)C. The number of rotatable bonds is 5. The molecule has 72 valence electrons. The third-order valence-electron chi connectivity index (χ3n) is 2.15. The smallest absolute Gasteiger partial charge is 0.0197 e. The molecule has 0 radical (unpaired) electrons. The first kappa shape index (κ1) is 12.0. The summed E-state index contributed by atoms with van der Waals surface area (Å²) in [5.74, 6) is 0.537. The van der Waals surface area contributed by atoms with Gasteiger partial charge >= 0.3 is 0 Å². The Hall–Kier alpha value is -1.04. The molecule has 0 heterocycles. The van der Waals surface area contributed by atoms with Crippen LogP contribution in [0.25, 0.3) is 0 Å². The Morgan fingerprint density at radius 2 is 2.08 bits per heavy atom. The van der Waals surface area contributed by atoms with Crippen molar-refractivity contribution >= 4 is 0 Å². The zero-order valence-electron chi connectivity index (χ0n) is 9.01. The van der Waals surface area contributed by atoms with Crippen LogP contribution < -0.4 is 0 Å². The average Bonchev–Trinajstić information content (AvgIpc) is 2.11. The van der Waals surface area contributed by atoms with Gasteiger partial charge in [0.2, 0.25) is 0 Å². The zero-order valence-corrected chi connectivity index (χ0v) is 9.01. The minimum Gasteiger partial charge on any atom is -0.0999 e. The molecule has 0 aromatic carbocycles. The first-order valence-corrected chi connectivity index (χ1v) is 4.71. The van der Waals surface area contributed by atoms with Gasteiger partial charge in [0.15, 0.2) is 0 Å². The minimum absolute atomic E-state index is 0.537. The molecule has 0 aromatic rings. The Kier molecular flexibility index (Phi) is 5.96. The fraction of sp³-hybridized carbons (Fsp3) is 0.385. The van der Waals surface area contributed by atoms with Crippen molar-refractivity contribution in [1.82, 2.24) is 0 Å². The molecule has 13 heavy (non-hydrogen) atoms. The second-order valence-electron chi connectivity index (χ2n) is 3.42. The number of hydrogen-bond acceptors (Lipinski definition) is 0. The maximum atomic E-state index is 3.94. The highest BCUT2D eigenvalue weighted by Crippen LogP contribution is 2.18. The largest absolute Gasteiger partial charge is 0.0999 e. The van der Waals surface area contributed by atoms with Crippen molar-refractivity contribution in [2.45, 2.75) is 27.2 Å². The lowest BCUT2D eigenvalue weighted by molar-refractivity contribution is 0.683. The fourth-order valence-corrected chi connectivity index (χ4v) is 0.967. The lowest BCUT2D eigenvalue weighted by Gasteiger charge is -2.10. The van der Waals surface area contributed by atoms with Crippen LogP contribution in [0.15, 0.2) is 48.6 Å². The van der Waals surface area contributed by atoms with Crippen LogP contribution in [0.2, 0.25) is 0 Å². The summed E-state index contributed by atoms with van der Waals surface area (Å²) in [6, 6.07) is 0. The molecule has 0 aromatic heterocycles. The second kappa shape index (κ2) is 6.47. The normalized spacial score (nSPS) is 14.5. The van der Waals surface area contributed by atoms with Crippen LogP contribution in [0, 0.1) is 5.92 Å². The molecule has 0 heteroatoms. The Morgan fingerprint density at radius 3 is 2.46 bits per heavy atom. The van der Waals surface area contributed by atoms with Crippen molar-refractivity contribution in [3.05, 3.63) is 48.6 Å². The van der Waals surface area contributed by atoms with Gasteiger partial charge in [-0.2, -0.15) is 0 Å². The molecule has 0 fully saturated rings. The van der Waals surface area contributed by atoms with Gasteiger partial charge in [-0.15, -0.1) is 0 Å². The van der Waals surface area contributed by atoms with Crippen LogP contribution in [0.4, 0.5) is 0 Å². The first-order valence-electron chi connectivity index (χ1n) is 4.71. The van der Waals surface area contributed by atoms with E-state index in [1.807, 2.05) is 25.2 Å². The van der Waals surface area contributed by atoms with Gasteiger partial charge in [-0.1, -0.05) is 50.0 Å². The van der Waals surface area contributed by atoms with E-state index in [1.54, 1.807) is 0 Å². The van der Waals surface area contributed by atoms with Crippen LogP contribution in [-0.2, 0) is 0 Å². The minimum atomic E-state index is 0.537. The maximum Gasteiger partial charge on any atom is -0.0197 e. The first-order chi connectivity index (χ1) is 6.11. The highest BCUT2D eigenvalue weighted by Gasteiger charge is 2.02. The summed E-state index contributed by atoms with van der Waals surface area (Å²) in [4.78, 5) is 0. The van der Waals surface area contributed by atoms with Crippen LogP contribution in [-0.4, -0.2) is 0 Å². The van der Waals surface area contributed by atoms with Crippen molar-refractivity contribution in [3.63, 3.8) is 0 Å². The molecule has 0 nitrogen and oxygen atoms in total. The third-order valence-corrected chi connectivity index (χ3v) is 2.15. The molecule has 1 unspecified atom stereocenters. The maximum absolute atomic E-state index is 3.94. The van der Waals surface area contributed by atoms with Crippen molar-refractivity contribution in [2.75, 3.05) is 0 Å². The average molecular weight is 176 g/mol. The Bertz CT molecular complexity index is 228. The van der Waals surface area contributed by atoms with E-state index in [-0.39, 0.29) is 0 Å². The molecular weight excluding hydrogens is 156 g/mol. The standard InChI is InChI=1S/C13H20/c1-6-8-9-13(7-2)10-12(5)11(3)4/h6-9,12H,2-3,10H2,1,4-5H3/b8-6-,13-9+. The summed E-state index contributed by atoms with van der Waals surface area (Å²) < 4.78 is 0. The van der Waals surface area contributed by atoms with E-state index >= 15 is 0 Å². The summed E-state index contributed by atoms with van der Waals surface area (Å²) in [7, 11) is 0. The molecule has 1 atom stereocenters. The molecule has 0 bridgehead atoms. The summed E-state index contributed by atoms with van der Waals surface area (Å²) in [6.07, 6.45) is 9.12. The summed E-state index contributed by atoms with van der Waals surface area (Å²) in [5.41, 5.74) is 2.50. The highest BCUT2D eigenvalue weighted by molar-refractivity contribution is 5.23. The van der Waals surface area contributed by atoms with Gasteiger partial charge in [-0.05, 0) is 31.8 Å². The van der Waals surface area contributed by atoms with E-state index in [9.17, 15) is 0 Å². The summed E-state index contributed by atoms with van der Waals surface area (Å²) in [5, 5.41) is 0. The quantitative estimate of drug-likeness (QED) is 0.433. The Labute approximate surface area is 82.4 Å². The number of allylic oxidation sites excluding steroid dienone is 6. The van der Waals surface area contributed by atoms with E-state index in [1.165, 1.54) is 11.1 Å². The van der Waals surface area contributed by atoms with Crippen LogP contribution in [0.3, 0.4) is 0 Å². The van der Waals surface area contributed by atoms with Crippen molar-refractivity contribution in [1.29, 1.82) is 0 Å². The van der Waals surface area contributed by atoms with Crippen LogP contribution in [0.1, 0.15) is 27.2 Å². The van der Waals surface area contributed by atoms with Crippen molar-refractivity contribution in [3.8, 4) is 0 Å². The molecule has 0 saturated carbocycles. The Morgan fingerprint density at radius 1 is 1.46 bits per heavy atom. The third kappa shape index (κ3) is 5.24. The van der Waals surface area contributed by atoms with E-state index < -0.39 is 0 Å². The van der Waals surface area contributed by atoms with Gasteiger partial charge in [-0.25, -0.2) is 0 Å². The molecule has 0 rings (SSSR count). The summed E-state index contributed by atoms with van der Waals surface area (Å²) >= 11 is 0. The van der Waals surface area contributed by atoms with E-state index in [0.29, 0.717) is 5.92 Å². The predicted octanol–water partition coefficient (Wildman–Crippen LogP) is 4.28. The second-order valence-corrected chi connectivity index (χ2v) is 3.42. The molecule has 0 aliphatic heterocycles. The van der Waals surface area contributed by atoms with Gasteiger partial charge in [0, 0.05) is 0 Å². The van der Waals surface area contributed by atoms with Crippen LogP contribution in [0.5, 0.6) is 0 Å². The van der Waals surface area contributed by atoms with Crippen molar-refractivity contribution < 1.29 is 0 Å². The van der Waals surface area contributed by atoms with E-state index in [2.05, 4.69) is 33.1 Å². The van der Waals surface area contributed by atoms with Crippen molar-refractivity contribution in [2.24, 2.45) is 5.92 Å². The highest BCUT2D eigenvalue weighted by atomic mass is 14.1. The van der Waals surface area contributed by atoms with Gasteiger partial charge in [-0.3, -0.25) is 0 Å². The monoisotopic (exact) mass is 176 g/mol. The Balaban J connectivity index is 4.28. The fourth-order valence-electron chi connectivity index (χ4n) is 0.967. The van der Waals surface area contributed by atoms with Crippen LogP contribution >= 0.6 is 0 Å². The number of hydrogen-bond donors (Lipinski definition) is 0. The molecule has 0 spiro atoms.